The van der Waals surface area contributed by atoms with Gasteiger partial charge in [0.05, 0.1) is 17.7 Å². The molecule has 1 N–H and O–H groups in total. The first-order chi connectivity index (χ1) is 12.2. The minimum Gasteiger partial charge on any atom is -0.380 e. The molecule has 0 spiro atoms. The van der Waals surface area contributed by atoms with Crippen LogP contribution in [0, 0.1) is 11.3 Å². The smallest absolute Gasteiger partial charge is 0.229 e. The van der Waals surface area contributed by atoms with Gasteiger partial charge in [-0.05, 0) is 31.0 Å². The average Bonchev–Trinajstić information content (AvgIpc) is 3.11. The zero-order valence-electron chi connectivity index (χ0n) is 14.7. The molecule has 1 atom stereocenters. The van der Waals surface area contributed by atoms with Crippen molar-refractivity contribution in [3.8, 4) is 6.07 Å². The largest absolute Gasteiger partial charge is 0.380 e. The van der Waals surface area contributed by atoms with Crippen molar-refractivity contribution in [2.75, 3.05) is 30.4 Å². The third-order valence-electron chi connectivity index (χ3n) is 4.32. The van der Waals surface area contributed by atoms with Crippen molar-refractivity contribution < 1.29 is 4.74 Å². The first-order valence-corrected chi connectivity index (χ1v) is 8.64. The standard InChI is InChI=1S/C19H23N5O/c1-3-5-15-11-18(24-9-8-17(13-24)25-2)23-19(21-15)22-16-7-4-6-14(10-16)12-20/h4,6-7,10-11,17H,3,5,8-9,13H2,1-2H3,(H,21,22,23). The highest BCUT2D eigenvalue weighted by molar-refractivity contribution is 5.58. The Hall–Kier alpha value is -2.65. The summed E-state index contributed by atoms with van der Waals surface area (Å²) in [6.45, 7) is 3.93. The highest BCUT2D eigenvalue weighted by atomic mass is 16.5. The normalized spacial score (nSPS) is 16.7. The van der Waals surface area contributed by atoms with E-state index in [9.17, 15) is 0 Å². The van der Waals surface area contributed by atoms with Crippen LogP contribution in [0.3, 0.4) is 0 Å². The molecule has 25 heavy (non-hydrogen) atoms. The maximum absolute atomic E-state index is 9.05. The van der Waals surface area contributed by atoms with E-state index in [2.05, 4.69) is 39.2 Å². The Labute approximate surface area is 148 Å². The van der Waals surface area contributed by atoms with Crippen molar-refractivity contribution in [2.45, 2.75) is 32.3 Å². The molecule has 3 rings (SSSR count). The Kier molecular flexibility index (Phi) is 5.46. The minimum atomic E-state index is 0.258. The quantitative estimate of drug-likeness (QED) is 0.872. The van der Waals surface area contributed by atoms with E-state index in [0.717, 1.165) is 49.6 Å². The summed E-state index contributed by atoms with van der Waals surface area (Å²) in [5, 5.41) is 12.3. The zero-order chi connectivity index (χ0) is 17.6. The van der Waals surface area contributed by atoms with Crippen LogP contribution in [0.2, 0.25) is 0 Å². The highest BCUT2D eigenvalue weighted by Crippen LogP contribution is 2.23. The van der Waals surface area contributed by atoms with Crippen LogP contribution in [0.5, 0.6) is 0 Å². The van der Waals surface area contributed by atoms with Gasteiger partial charge in [-0.2, -0.15) is 10.2 Å². The molecule has 2 aromatic rings. The Morgan fingerprint density at radius 2 is 2.24 bits per heavy atom. The fourth-order valence-corrected chi connectivity index (χ4v) is 3.01. The third-order valence-corrected chi connectivity index (χ3v) is 4.32. The first-order valence-electron chi connectivity index (χ1n) is 8.64. The fraction of sp³-hybridized carbons (Fsp3) is 0.421. The van der Waals surface area contributed by atoms with E-state index in [1.807, 2.05) is 12.1 Å². The van der Waals surface area contributed by atoms with Crippen LogP contribution in [0.4, 0.5) is 17.5 Å². The molecule has 0 amide bonds. The number of anilines is 3. The number of nitriles is 1. The lowest BCUT2D eigenvalue weighted by atomic mass is 10.2. The van der Waals surface area contributed by atoms with E-state index < -0.39 is 0 Å². The maximum Gasteiger partial charge on any atom is 0.229 e. The first kappa shape index (κ1) is 17.2. The van der Waals surface area contributed by atoms with E-state index in [1.165, 1.54) is 0 Å². The molecule has 130 valence electrons. The van der Waals surface area contributed by atoms with E-state index in [-0.39, 0.29) is 6.10 Å². The lowest BCUT2D eigenvalue weighted by Gasteiger charge is -2.19. The molecular weight excluding hydrogens is 314 g/mol. The molecule has 1 saturated heterocycles. The van der Waals surface area contributed by atoms with Gasteiger partial charge in [-0.15, -0.1) is 0 Å². The Bertz CT molecular complexity index is 771. The van der Waals surface area contributed by atoms with Crippen molar-refractivity contribution in [3.63, 3.8) is 0 Å². The molecule has 6 nitrogen and oxygen atoms in total. The summed E-state index contributed by atoms with van der Waals surface area (Å²) >= 11 is 0. The monoisotopic (exact) mass is 337 g/mol. The van der Waals surface area contributed by atoms with Gasteiger partial charge in [0.1, 0.15) is 5.82 Å². The number of nitrogens with zero attached hydrogens (tertiary/aromatic N) is 4. The Morgan fingerprint density at radius 1 is 1.36 bits per heavy atom. The minimum absolute atomic E-state index is 0.258. The van der Waals surface area contributed by atoms with Gasteiger partial charge in [0.2, 0.25) is 5.95 Å². The van der Waals surface area contributed by atoms with Crippen molar-refractivity contribution in [1.82, 2.24) is 9.97 Å². The van der Waals surface area contributed by atoms with Crippen LogP contribution < -0.4 is 10.2 Å². The fourth-order valence-electron chi connectivity index (χ4n) is 3.01. The number of hydrogen-bond donors (Lipinski definition) is 1. The van der Waals surface area contributed by atoms with Crippen molar-refractivity contribution in [2.24, 2.45) is 0 Å². The van der Waals surface area contributed by atoms with Gasteiger partial charge >= 0.3 is 0 Å². The van der Waals surface area contributed by atoms with Gasteiger partial charge in [0.15, 0.2) is 0 Å². The molecule has 1 aliphatic heterocycles. The molecule has 0 aliphatic carbocycles. The lowest BCUT2D eigenvalue weighted by molar-refractivity contribution is 0.121. The van der Waals surface area contributed by atoms with Gasteiger partial charge in [0.25, 0.3) is 0 Å². The number of ether oxygens (including phenoxy) is 1. The molecule has 1 unspecified atom stereocenters. The van der Waals surface area contributed by atoms with Crippen LogP contribution in [0.1, 0.15) is 31.0 Å². The number of rotatable bonds is 6. The van der Waals surface area contributed by atoms with Crippen molar-refractivity contribution in [1.29, 1.82) is 5.26 Å². The Balaban J connectivity index is 1.86. The molecule has 1 aliphatic rings. The van der Waals surface area contributed by atoms with E-state index in [4.69, 9.17) is 10.00 Å². The number of hydrogen-bond acceptors (Lipinski definition) is 6. The SMILES string of the molecule is CCCc1cc(N2CCC(OC)C2)nc(Nc2cccc(C#N)c2)n1. The lowest BCUT2D eigenvalue weighted by Crippen LogP contribution is -2.23. The van der Waals surface area contributed by atoms with Crippen LogP contribution in [-0.2, 0) is 11.2 Å². The van der Waals surface area contributed by atoms with Crippen LogP contribution in [0.25, 0.3) is 0 Å². The predicted molar refractivity (Wildman–Crippen MR) is 98.1 cm³/mol. The molecule has 0 saturated carbocycles. The van der Waals surface area contributed by atoms with Crippen molar-refractivity contribution >= 4 is 17.5 Å². The van der Waals surface area contributed by atoms with Crippen LogP contribution in [-0.4, -0.2) is 36.3 Å². The molecule has 0 radical (unpaired) electrons. The summed E-state index contributed by atoms with van der Waals surface area (Å²) in [5.41, 5.74) is 2.44. The van der Waals surface area contributed by atoms with Crippen LogP contribution >= 0.6 is 0 Å². The maximum atomic E-state index is 9.05. The summed E-state index contributed by atoms with van der Waals surface area (Å²) in [5.74, 6) is 1.49. The molecule has 0 bridgehead atoms. The zero-order valence-corrected chi connectivity index (χ0v) is 14.7. The number of aryl methyl sites for hydroxylation is 1. The van der Waals surface area contributed by atoms with E-state index >= 15 is 0 Å². The second kappa shape index (κ2) is 7.95. The third kappa shape index (κ3) is 4.25. The predicted octanol–water partition coefficient (Wildman–Crippen LogP) is 3.27. The van der Waals surface area contributed by atoms with Gasteiger partial charge in [-0.1, -0.05) is 19.4 Å². The molecule has 6 heteroatoms. The molecule has 1 aromatic carbocycles. The summed E-state index contributed by atoms with van der Waals surface area (Å²) in [4.78, 5) is 11.5. The molecule has 1 fully saturated rings. The number of benzene rings is 1. The topological polar surface area (TPSA) is 74.1 Å². The number of aromatic nitrogens is 2. The summed E-state index contributed by atoms with van der Waals surface area (Å²) in [7, 11) is 1.76. The van der Waals surface area contributed by atoms with Gasteiger partial charge in [-0.3, -0.25) is 0 Å². The van der Waals surface area contributed by atoms with Gasteiger partial charge in [0, 0.05) is 37.6 Å². The highest BCUT2D eigenvalue weighted by Gasteiger charge is 2.24. The Morgan fingerprint density at radius 3 is 2.96 bits per heavy atom. The second-order valence-corrected chi connectivity index (χ2v) is 6.20. The molecule has 1 aromatic heterocycles. The number of methoxy groups -OCH3 is 1. The van der Waals surface area contributed by atoms with E-state index in [1.54, 1.807) is 19.2 Å². The number of nitrogens with one attached hydrogen (secondary N) is 1. The summed E-state index contributed by atoms with van der Waals surface area (Å²) in [6.07, 6.45) is 3.20. The summed E-state index contributed by atoms with van der Waals surface area (Å²) in [6, 6.07) is 11.6. The second-order valence-electron chi connectivity index (χ2n) is 6.20. The molecular formula is C19H23N5O. The van der Waals surface area contributed by atoms with Gasteiger partial charge in [-0.25, -0.2) is 4.98 Å². The van der Waals surface area contributed by atoms with Gasteiger partial charge < -0.3 is 15.0 Å². The molecule has 2 heterocycles. The van der Waals surface area contributed by atoms with E-state index in [0.29, 0.717) is 11.5 Å². The van der Waals surface area contributed by atoms with Crippen LogP contribution in [0.15, 0.2) is 30.3 Å². The van der Waals surface area contributed by atoms with Crippen molar-refractivity contribution in [3.05, 3.63) is 41.6 Å². The summed E-state index contributed by atoms with van der Waals surface area (Å²) < 4.78 is 5.46. The average molecular weight is 337 g/mol.